The number of carbonyl (C=O) groups excluding carboxylic acids is 1. The first kappa shape index (κ1) is 20.1. The molecule has 2 aromatic heterocycles. The molecule has 2 heterocycles. The predicted molar refractivity (Wildman–Crippen MR) is 107 cm³/mol. The number of nitrogens with one attached hydrogen (secondary N) is 1. The number of hydrogen-bond acceptors (Lipinski definition) is 5. The van der Waals surface area contributed by atoms with Crippen molar-refractivity contribution in [2.75, 3.05) is 0 Å². The van der Waals surface area contributed by atoms with Gasteiger partial charge < -0.3 is 20.1 Å². The standard InChI is InChI=1S/C21H21N3O5/c1-12(21(28)29)13(2)23-19(26)17-18(25)15-8-9-24(20(27)16(15)10-22-17)11-14-6-4-3-5-7-14/h3-10,12-13,25H,11H2,1-2H3,(H,23,26)(H,28,29). The molecule has 0 radical (unpaired) electrons. The number of aromatic hydroxyl groups is 1. The van der Waals surface area contributed by atoms with Crippen molar-refractivity contribution in [2.24, 2.45) is 5.92 Å². The fraction of sp³-hybridized carbons (Fsp3) is 0.238. The van der Waals surface area contributed by atoms with E-state index in [9.17, 15) is 19.5 Å². The molecule has 3 rings (SSSR count). The lowest BCUT2D eigenvalue weighted by atomic mass is 10.0. The van der Waals surface area contributed by atoms with Gasteiger partial charge in [0, 0.05) is 23.8 Å². The lowest BCUT2D eigenvalue weighted by Gasteiger charge is -2.18. The van der Waals surface area contributed by atoms with Crippen LogP contribution in [0.5, 0.6) is 5.75 Å². The van der Waals surface area contributed by atoms with Crippen LogP contribution < -0.4 is 10.9 Å². The number of pyridine rings is 2. The molecule has 1 amide bonds. The minimum atomic E-state index is -1.05. The summed E-state index contributed by atoms with van der Waals surface area (Å²) in [5.74, 6) is -2.99. The summed E-state index contributed by atoms with van der Waals surface area (Å²) in [6, 6.07) is 10.3. The molecule has 2 unspecified atom stereocenters. The number of carboxylic acids is 1. The number of fused-ring (bicyclic) bond motifs is 1. The third-order valence-electron chi connectivity index (χ3n) is 4.91. The molecule has 0 spiro atoms. The van der Waals surface area contributed by atoms with E-state index in [1.54, 1.807) is 19.2 Å². The van der Waals surface area contributed by atoms with E-state index >= 15 is 0 Å². The van der Waals surface area contributed by atoms with Gasteiger partial charge in [0.25, 0.3) is 11.5 Å². The normalized spacial score (nSPS) is 13.0. The minimum absolute atomic E-state index is 0.185. The van der Waals surface area contributed by atoms with E-state index in [4.69, 9.17) is 5.11 Å². The monoisotopic (exact) mass is 395 g/mol. The summed E-state index contributed by atoms with van der Waals surface area (Å²) in [6.07, 6.45) is 2.80. The molecule has 0 aliphatic heterocycles. The molecular formula is C21H21N3O5. The third-order valence-corrected chi connectivity index (χ3v) is 4.91. The highest BCUT2D eigenvalue weighted by molar-refractivity contribution is 6.01. The molecule has 0 bridgehead atoms. The number of amides is 1. The maximum atomic E-state index is 12.8. The van der Waals surface area contributed by atoms with Crippen molar-refractivity contribution in [3.63, 3.8) is 0 Å². The zero-order chi connectivity index (χ0) is 21.1. The minimum Gasteiger partial charge on any atom is -0.505 e. The molecule has 0 aliphatic carbocycles. The summed E-state index contributed by atoms with van der Waals surface area (Å²) in [5.41, 5.74) is 0.347. The molecule has 0 saturated heterocycles. The molecule has 3 aromatic rings. The van der Waals surface area contributed by atoms with E-state index < -0.39 is 29.6 Å². The lowest BCUT2D eigenvalue weighted by molar-refractivity contribution is -0.141. The van der Waals surface area contributed by atoms with E-state index in [1.807, 2.05) is 30.3 Å². The zero-order valence-corrected chi connectivity index (χ0v) is 16.0. The SMILES string of the molecule is CC(NC(=O)c1ncc2c(=O)n(Cc3ccccc3)ccc2c1O)C(C)C(=O)O. The second-order valence-corrected chi connectivity index (χ2v) is 6.91. The summed E-state index contributed by atoms with van der Waals surface area (Å²) in [5, 5.41) is 22.4. The molecule has 1 aromatic carbocycles. The van der Waals surface area contributed by atoms with Gasteiger partial charge in [0.15, 0.2) is 11.4 Å². The maximum Gasteiger partial charge on any atom is 0.308 e. The van der Waals surface area contributed by atoms with Gasteiger partial charge in [-0.05, 0) is 25.5 Å². The van der Waals surface area contributed by atoms with Crippen LogP contribution in [-0.2, 0) is 11.3 Å². The van der Waals surface area contributed by atoms with Gasteiger partial charge in [-0.2, -0.15) is 0 Å². The van der Waals surface area contributed by atoms with Crippen LogP contribution in [0.1, 0.15) is 29.9 Å². The Morgan fingerprint density at radius 3 is 2.48 bits per heavy atom. The van der Waals surface area contributed by atoms with Crippen LogP contribution in [0.25, 0.3) is 10.8 Å². The van der Waals surface area contributed by atoms with Crippen molar-refractivity contribution in [1.82, 2.24) is 14.9 Å². The van der Waals surface area contributed by atoms with Gasteiger partial charge in [-0.15, -0.1) is 0 Å². The quantitative estimate of drug-likeness (QED) is 0.587. The number of carboxylic acid groups (broad SMARTS) is 1. The van der Waals surface area contributed by atoms with E-state index in [1.165, 1.54) is 17.7 Å². The molecule has 0 saturated carbocycles. The second kappa shape index (κ2) is 8.14. The van der Waals surface area contributed by atoms with Gasteiger partial charge in [0.2, 0.25) is 0 Å². The van der Waals surface area contributed by atoms with Gasteiger partial charge in [-0.3, -0.25) is 14.4 Å². The van der Waals surface area contributed by atoms with Crippen molar-refractivity contribution in [3.8, 4) is 5.75 Å². The largest absolute Gasteiger partial charge is 0.505 e. The van der Waals surface area contributed by atoms with Gasteiger partial charge in [-0.25, -0.2) is 4.98 Å². The molecule has 150 valence electrons. The first-order valence-corrected chi connectivity index (χ1v) is 9.08. The Morgan fingerprint density at radius 1 is 1.14 bits per heavy atom. The smallest absolute Gasteiger partial charge is 0.308 e. The number of rotatable bonds is 6. The van der Waals surface area contributed by atoms with Gasteiger partial charge in [-0.1, -0.05) is 30.3 Å². The first-order chi connectivity index (χ1) is 13.8. The van der Waals surface area contributed by atoms with E-state index in [0.717, 1.165) is 5.56 Å². The van der Waals surface area contributed by atoms with Crippen LogP contribution in [0.4, 0.5) is 0 Å². The number of aliphatic carboxylic acids is 1. The Balaban J connectivity index is 1.92. The average Bonchev–Trinajstić information content (AvgIpc) is 2.70. The van der Waals surface area contributed by atoms with E-state index in [2.05, 4.69) is 10.3 Å². The summed E-state index contributed by atoms with van der Waals surface area (Å²) < 4.78 is 1.50. The van der Waals surface area contributed by atoms with Crippen molar-refractivity contribution in [3.05, 3.63) is 70.4 Å². The lowest BCUT2D eigenvalue weighted by Crippen LogP contribution is -2.40. The van der Waals surface area contributed by atoms with E-state index in [0.29, 0.717) is 6.54 Å². The van der Waals surface area contributed by atoms with Gasteiger partial charge in [0.1, 0.15) is 0 Å². The highest BCUT2D eigenvalue weighted by Crippen LogP contribution is 2.25. The topological polar surface area (TPSA) is 122 Å². The van der Waals surface area contributed by atoms with Crippen LogP contribution in [0.15, 0.2) is 53.6 Å². The Labute approximate surface area is 166 Å². The highest BCUT2D eigenvalue weighted by Gasteiger charge is 2.24. The fourth-order valence-corrected chi connectivity index (χ4v) is 2.93. The number of benzene rings is 1. The van der Waals surface area contributed by atoms with Crippen LogP contribution in [-0.4, -0.2) is 37.7 Å². The molecule has 29 heavy (non-hydrogen) atoms. The van der Waals surface area contributed by atoms with E-state index in [-0.39, 0.29) is 22.0 Å². The molecule has 8 heteroatoms. The van der Waals surface area contributed by atoms with Crippen LogP contribution >= 0.6 is 0 Å². The highest BCUT2D eigenvalue weighted by atomic mass is 16.4. The number of aromatic nitrogens is 2. The van der Waals surface area contributed by atoms with Crippen molar-refractivity contribution < 1.29 is 19.8 Å². The number of nitrogens with zero attached hydrogens (tertiary/aromatic N) is 2. The fourth-order valence-electron chi connectivity index (χ4n) is 2.93. The number of carbonyl (C=O) groups is 2. The zero-order valence-electron chi connectivity index (χ0n) is 16.0. The Kier molecular flexibility index (Phi) is 5.63. The predicted octanol–water partition coefficient (Wildman–Crippen LogP) is 1.99. The van der Waals surface area contributed by atoms with Crippen LogP contribution in [0.2, 0.25) is 0 Å². The molecular weight excluding hydrogens is 374 g/mol. The van der Waals surface area contributed by atoms with Crippen LogP contribution in [0.3, 0.4) is 0 Å². The summed E-state index contributed by atoms with van der Waals surface area (Å²) in [7, 11) is 0. The molecule has 3 N–H and O–H groups in total. The first-order valence-electron chi connectivity index (χ1n) is 9.08. The Bertz CT molecular complexity index is 1120. The van der Waals surface area contributed by atoms with Crippen LogP contribution in [0, 0.1) is 5.92 Å². The molecule has 2 atom stereocenters. The van der Waals surface area contributed by atoms with Gasteiger partial charge >= 0.3 is 5.97 Å². The second-order valence-electron chi connectivity index (χ2n) is 6.91. The molecule has 8 nitrogen and oxygen atoms in total. The third kappa shape index (κ3) is 4.11. The molecule has 0 aliphatic rings. The summed E-state index contributed by atoms with van der Waals surface area (Å²) >= 11 is 0. The van der Waals surface area contributed by atoms with Crippen molar-refractivity contribution >= 4 is 22.6 Å². The Hall–Kier alpha value is -3.68. The number of hydrogen-bond donors (Lipinski definition) is 3. The summed E-state index contributed by atoms with van der Waals surface area (Å²) in [6.45, 7) is 3.39. The van der Waals surface area contributed by atoms with Crippen molar-refractivity contribution in [1.29, 1.82) is 0 Å². The maximum absolute atomic E-state index is 12.8. The van der Waals surface area contributed by atoms with Gasteiger partial charge in [0.05, 0.1) is 17.8 Å². The Morgan fingerprint density at radius 2 is 1.83 bits per heavy atom. The molecule has 0 fully saturated rings. The average molecular weight is 395 g/mol. The summed E-state index contributed by atoms with van der Waals surface area (Å²) in [4.78, 5) is 40.2. The van der Waals surface area contributed by atoms with Crippen molar-refractivity contribution in [2.45, 2.75) is 26.4 Å².